The van der Waals surface area contributed by atoms with Gasteiger partial charge in [-0.2, -0.15) is 5.10 Å². The Kier molecular flexibility index (Phi) is 6.18. The topological polar surface area (TPSA) is 50.7 Å². The number of halogens is 2. The van der Waals surface area contributed by atoms with Crippen molar-refractivity contribution in [2.75, 3.05) is 0 Å². The van der Waals surface area contributed by atoms with Gasteiger partial charge in [0.25, 0.3) is 5.91 Å². The molecule has 0 aromatic heterocycles. The lowest BCUT2D eigenvalue weighted by Crippen LogP contribution is -2.17. The summed E-state index contributed by atoms with van der Waals surface area (Å²) in [7, 11) is 0. The third-order valence-electron chi connectivity index (χ3n) is 3.72. The Morgan fingerprint density at radius 2 is 1.74 bits per heavy atom. The Morgan fingerprint density at radius 3 is 2.44 bits per heavy atom. The number of ether oxygens (including phenoxy) is 1. The van der Waals surface area contributed by atoms with Crippen molar-refractivity contribution in [1.29, 1.82) is 0 Å². The number of hydrogen-bond donors (Lipinski definition) is 1. The third kappa shape index (κ3) is 5.39. The van der Waals surface area contributed by atoms with Crippen molar-refractivity contribution in [2.45, 2.75) is 6.61 Å². The Labute approximate surface area is 161 Å². The highest BCUT2D eigenvalue weighted by Crippen LogP contribution is 2.15. The zero-order chi connectivity index (χ0) is 19.1. The average Bonchev–Trinajstić information content (AvgIpc) is 2.69. The molecule has 3 aromatic rings. The number of nitrogens with zero attached hydrogens (tertiary/aromatic N) is 1. The molecule has 1 N–H and O–H groups in total. The maximum absolute atomic E-state index is 13.6. The van der Waals surface area contributed by atoms with Gasteiger partial charge in [-0.25, -0.2) is 9.82 Å². The van der Waals surface area contributed by atoms with E-state index in [1.54, 1.807) is 66.7 Å². The van der Waals surface area contributed by atoms with Crippen LogP contribution >= 0.6 is 11.6 Å². The molecule has 0 bridgehead atoms. The summed E-state index contributed by atoms with van der Waals surface area (Å²) in [6, 6.07) is 20.1. The van der Waals surface area contributed by atoms with Crippen LogP contribution in [-0.2, 0) is 6.61 Å². The maximum atomic E-state index is 13.6. The summed E-state index contributed by atoms with van der Waals surface area (Å²) in [5.74, 6) is -0.00829. The number of hydrogen-bond acceptors (Lipinski definition) is 3. The van der Waals surface area contributed by atoms with Crippen LogP contribution < -0.4 is 10.2 Å². The van der Waals surface area contributed by atoms with E-state index in [9.17, 15) is 9.18 Å². The molecule has 0 radical (unpaired) electrons. The first kappa shape index (κ1) is 18.6. The molecule has 6 heteroatoms. The van der Waals surface area contributed by atoms with Gasteiger partial charge in [0.05, 0.1) is 6.21 Å². The van der Waals surface area contributed by atoms with E-state index in [4.69, 9.17) is 16.3 Å². The van der Waals surface area contributed by atoms with Gasteiger partial charge in [0.15, 0.2) is 0 Å². The molecule has 0 saturated heterocycles. The van der Waals surface area contributed by atoms with Crippen molar-refractivity contribution >= 4 is 23.7 Å². The van der Waals surface area contributed by atoms with Crippen molar-refractivity contribution in [3.8, 4) is 5.75 Å². The Balaban J connectivity index is 1.52. The van der Waals surface area contributed by atoms with Crippen LogP contribution in [0.4, 0.5) is 4.39 Å². The Bertz CT molecular complexity index is 941. The maximum Gasteiger partial charge on any atom is 0.271 e. The fraction of sp³-hybridized carbons (Fsp3) is 0.0476. The largest absolute Gasteiger partial charge is 0.489 e. The summed E-state index contributed by atoms with van der Waals surface area (Å²) in [6.07, 6.45) is 1.52. The van der Waals surface area contributed by atoms with Gasteiger partial charge in [0.1, 0.15) is 18.2 Å². The van der Waals surface area contributed by atoms with E-state index in [0.717, 1.165) is 5.56 Å². The van der Waals surface area contributed by atoms with Crippen LogP contribution in [0, 0.1) is 5.82 Å². The molecule has 0 heterocycles. The second kappa shape index (κ2) is 8.96. The molecule has 0 fully saturated rings. The molecule has 0 aliphatic heterocycles. The van der Waals surface area contributed by atoms with Gasteiger partial charge in [-0.1, -0.05) is 29.8 Å². The third-order valence-corrected chi connectivity index (χ3v) is 3.97. The van der Waals surface area contributed by atoms with Gasteiger partial charge in [-0.05, 0) is 60.2 Å². The smallest absolute Gasteiger partial charge is 0.271 e. The molecule has 0 saturated carbocycles. The number of carbonyl (C=O) groups excluding carboxylic acids is 1. The molecule has 27 heavy (non-hydrogen) atoms. The van der Waals surface area contributed by atoms with E-state index in [1.807, 2.05) is 0 Å². The number of rotatable bonds is 6. The van der Waals surface area contributed by atoms with E-state index >= 15 is 0 Å². The SMILES string of the molecule is O=C(N/N=C\c1ccc(OCc2ccccc2F)cc1)c1ccc(Cl)cc1. The summed E-state index contributed by atoms with van der Waals surface area (Å²) in [4.78, 5) is 11.9. The standard InChI is InChI=1S/C21H16ClFN2O2/c22-18-9-7-16(8-10-18)21(26)25-24-13-15-5-11-19(12-6-15)27-14-17-3-1-2-4-20(17)23/h1-13H,14H2,(H,25,26)/b24-13-. The summed E-state index contributed by atoms with van der Waals surface area (Å²) in [6.45, 7) is 0.150. The van der Waals surface area contributed by atoms with Gasteiger partial charge < -0.3 is 4.74 Å². The monoisotopic (exact) mass is 382 g/mol. The minimum Gasteiger partial charge on any atom is -0.489 e. The number of carbonyl (C=O) groups is 1. The van der Waals surface area contributed by atoms with Crippen molar-refractivity contribution < 1.29 is 13.9 Å². The normalized spacial score (nSPS) is 10.7. The number of benzene rings is 3. The number of hydrazone groups is 1. The van der Waals surface area contributed by atoms with Crippen LogP contribution in [0.3, 0.4) is 0 Å². The highest BCUT2D eigenvalue weighted by atomic mass is 35.5. The van der Waals surface area contributed by atoms with Crippen molar-refractivity contribution in [1.82, 2.24) is 5.43 Å². The zero-order valence-electron chi connectivity index (χ0n) is 14.2. The predicted octanol–water partition coefficient (Wildman–Crippen LogP) is 4.82. The second-order valence-electron chi connectivity index (χ2n) is 5.66. The molecule has 0 aliphatic rings. The zero-order valence-corrected chi connectivity index (χ0v) is 15.0. The fourth-order valence-corrected chi connectivity index (χ4v) is 2.38. The van der Waals surface area contributed by atoms with Gasteiger partial charge in [-0.3, -0.25) is 4.79 Å². The first-order valence-corrected chi connectivity index (χ1v) is 8.55. The molecule has 136 valence electrons. The molecule has 4 nitrogen and oxygen atoms in total. The first-order chi connectivity index (χ1) is 13.1. The van der Waals surface area contributed by atoms with E-state index in [1.165, 1.54) is 12.3 Å². The lowest BCUT2D eigenvalue weighted by Gasteiger charge is -2.07. The lowest BCUT2D eigenvalue weighted by molar-refractivity contribution is 0.0955. The predicted molar refractivity (Wildman–Crippen MR) is 104 cm³/mol. The first-order valence-electron chi connectivity index (χ1n) is 8.17. The van der Waals surface area contributed by atoms with Crippen LogP contribution in [0.25, 0.3) is 0 Å². The number of nitrogens with one attached hydrogen (secondary N) is 1. The van der Waals surface area contributed by atoms with Crippen LogP contribution in [-0.4, -0.2) is 12.1 Å². The molecule has 0 atom stereocenters. The van der Waals surface area contributed by atoms with Crippen LogP contribution in [0.1, 0.15) is 21.5 Å². The lowest BCUT2D eigenvalue weighted by atomic mass is 10.2. The summed E-state index contributed by atoms with van der Waals surface area (Å²) in [5, 5.41) is 4.49. The molecule has 0 aliphatic carbocycles. The van der Waals surface area contributed by atoms with Gasteiger partial charge >= 0.3 is 0 Å². The van der Waals surface area contributed by atoms with E-state index in [0.29, 0.717) is 21.9 Å². The quantitative estimate of drug-likeness (QED) is 0.490. The summed E-state index contributed by atoms with van der Waals surface area (Å²) in [5.41, 5.74) is 4.19. The molecular weight excluding hydrogens is 367 g/mol. The fourth-order valence-electron chi connectivity index (χ4n) is 2.26. The van der Waals surface area contributed by atoms with Crippen LogP contribution in [0.2, 0.25) is 5.02 Å². The molecular formula is C21H16ClFN2O2. The van der Waals surface area contributed by atoms with Crippen molar-refractivity contribution in [3.05, 3.63) is 100 Å². The highest BCUT2D eigenvalue weighted by Gasteiger charge is 2.04. The van der Waals surface area contributed by atoms with E-state index in [-0.39, 0.29) is 18.3 Å². The van der Waals surface area contributed by atoms with E-state index in [2.05, 4.69) is 10.5 Å². The molecule has 0 spiro atoms. The van der Waals surface area contributed by atoms with Gasteiger partial charge in [-0.15, -0.1) is 0 Å². The number of amides is 1. The van der Waals surface area contributed by atoms with Crippen molar-refractivity contribution in [2.24, 2.45) is 5.10 Å². The van der Waals surface area contributed by atoms with Crippen molar-refractivity contribution in [3.63, 3.8) is 0 Å². The average molecular weight is 383 g/mol. The van der Waals surface area contributed by atoms with E-state index < -0.39 is 0 Å². The van der Waals surface area contributed by atoms with Crippen LogP contribution in [0.15, 0.2) is 77.9 Å². The minimum absolute atomic E-state index is 0.150. The highest BCUT2D eigenvalue weighted by molar-refractivity contribution is 6.30. The van der Waals surface area contributed by atoms with Crippen LogP contribution in [0.5, 0.6) is 5.75 Å². The molecule has 1 amide bonds. The van der Waals surface area contributed by atoms with Gasteiger partial charge in [0, 0.05) is 16.1 Å². The summed E-state index contributed by atoms with van der Waals surface area (Å²) < 4.78 is 19.1. The van der Waals surface area contributed by atoms with Gasteiger partial charge in [0.2, 0.25) is 0 Å². The Morgan fingerprint density at radius 1 is 1.04 bits per heavy atom. The Hall–Kier alpha value is -3.18. The minimum atomic E-state index is -0.326. The molecule has 0 unspecified atom stereocenters. The second-order valence-corrected chi connectivity index (χ2v) is 6.09. The molecule has 3 rings (SSSR count). The summed E-state index contributed by atoms with van der Waals surface area (Å²) >= 11 is 5.79. The molecule has 3 aromatic carbocycles.